The van der Waals surface area contributed by atoms with Crippen molar-refractivity contribution in [1.29, 1.82) is 0 Å². The van der Waals surface area contributed by atoms with Crippen LogP contribution < -0.4 is 5.32 Å². The summed E-state index contributed by atoms with van der Waals surface area (Å²) < 4.78 is 0. The summed E-state index contributed by atoms with van der Waals surface area (Å²) in [5, 5.41) is 3.11. The highest BCUT2D eigenvalue weighted by Gasteiger charge is 2.31. The van der Waals surface area contributed by atoms with Crippen molar-refractivity contribution in [2.75, 3.05) is 24.6 Å². The molecule has 0 aromatic heterocycles. The van der Waals surface area contributed by atoms with Gasteiger partial charge in [0.2, 0.25) is 5.91 Å². The Labute approximate surface area is 142 Å². The van der Waals surface area contributed by atoms with Crippen molar-refractivity contribution in [1.82, 2.24) is 10.2 Å². The third-order valence-electron chi connectivity index (χ3n) is 4.53. The van der Waals surface area contributed by atoms with Crippen molar-refractivity contribution in [2.24, 2.45) is 5.92 Å². The Morgan fingerprint density at radius 2 is 1.87 bits per heavy atom. The lowest BCUT2D eigenvalue weighted by atomic mass is 9.96. The molecule has 1 atom stereocenters. The second-order valence-electron chi connectivity index (χ2n) is 6.71. The number of benzene rings is 1. The summed E-state index contributed by atoms with van der Waals surface area (Å²) in [4.78, 5) is 27.0. The van der Waals surface area contributed by atoms with Gasteiger partial charge in [-0.25, -0.2) is 0 Å². The van der Waals surface area contributed by atoms with Gasteiger partial charge in [0, 0.05) is 36.2 Å². The average Bonchev–Trinajstić information content (AvgIpc) is 2.49. The van der Waals surface area contributed by atoms with Gasteiger partial charge in [0.05, 0.1) is 5.92 Å². The van der Waals surface area contributed by atoms with Gasteiger partial charge < -0.3 is 10.2 Å². The molecule has 4 nitrogen and oxygen atoms in total. The number of carbonyl (C=O) groups excluding carboxylic acids is 2. The lowest BCUT2D eigenvalue weighted by Gasteiger charge is -2.34. The molecule has 124 valence electrons. The van der Waals surface area contributed by atoms with Crippen LogP contribution in [0.5, 0.6) is 0 Å². The van der Waals surface area contributed by atoms with E-state index in [1.54, 1.807) is 0 Å². The van der Waals surface area contributed by atoms with Gasteiger partial charge in [-0.1, -0.05) is 17.2 Å². The van der Waals surface area contributed by atoms with Gasteiger partial charge in [-0.2, -0.15) is 11.8 Å². The molecular formula is C18H24N2O2S. The Kier molecular flexibility index (Phi) is 4.95. The highest BCUT2D eigenvalue weighted by Crippen LogP contribution is 2.22. The summed E-state index contributed by atoms with van der Waals surface area (Å²) in [7, 11) is 0. The van der Waals surface area contributed by atoms with Crippen LogP contribution in [-0.4, -0.2) is 47.4 Å². The van der Waals surface area contributed by atoms with E-state index in [2.05, 4.69) is 11.4 Å². The Bertz CT molecular complexity index is 593. The topological polar surface area (TPSA) is 49.4 Å². The van der Waals surface area contributed by atoms with Crippen molar-refractivity contribution < 1.29 is 9.59 Å². The zero-order valence-corrected chi connectivity index (χ0v) is 14.6. The number of nitrogens with one attached hydrogen (secondary N) is 1. The van der Waals surface area contributed by atoms with Crippen LogP contribution in [0.4, 0.5) is 0 Å². The molecule has 3 rings (SSSR count). The van der Waals surface area contributed by atoms with Crippen LogP contribution in [0.25, 0.3) is 0 Å². The van der Waals surface area contributed by atoms with Gasteiger partial charge in [-0.3, -0.25) is 9.59 Å². The highest BCUT2D eigenvalue weighted by atomic mass is 32.2. The Hall–Kier alpha value is -1.49. The smallest absolute Gasteiger partial charge is 0.253 e. The van der Waals surface area contributed by atoms with Crippen LogP contribution >= 0.6 is 11.8 Å². The molecule has 0 radical (unpaired) electrons. The normalized spacial score (nSPS) is 21.7. The number of piperidine rings is 1. The van der Waals surface area contributed by atoms with Gasteiger partial charge in [0.15, 0.2) is 0 Å². The molecule has 2 fully saturated rings. The molecule has 1 aromatic carbocycles. The number of hydrogen-bond acceptors (Lipinski definition) is 3. The molecule has 2 heterocycles. The summed E-state index contributed by atoms with van der Waals surface area (Å²) in [5.41, 5.74) is 2.93. The van der Waals surface area contributed by atoms with Crippen LogP contribution in [-0.2, 0) is 4.79 Å². The van der Waals surface area contributed by atoms with E-state index >= 15 is 0 Å². The number of likely N-dealkylation sites (tertiary alicyclic amines) is 1. The predicted molar refractivity (Wildman–Crippen MR) is 93.8 cm³/mol. The molecule has 1 N–H and O–H groups in total. The van der Waals surface area contributed by atoms with E-state index in [9.17, 15) is 9.59 Å². The van der Waals surface area contributed by atoms with E-state index in [4.69, 9.17) is 0 Å². The maximum Gasteiger partial charge on any atom is 0.253 e. The molecule has 5 heteroatoms. The van der Waals surface area contributed by atoms with E-state index < -0.39 is 0 Å². The van der Waals surface area contributed by atoms with Gasteiger partial charge in [-0.05, 0) is 38.8 Å². The molecule has 2 saturated heterocycles. The minimum absolute atomic E-state index is 0.0495. The van der Waals surface area contributed by atoms with Crippen LogP contribution in [0, 0.1) is 19.8 Å². The largest absolute Gasteiger partial charge is 0.351 e. The monoisotopic (exact) mass is 332 g/mol. The van der Waals surface area contributed by atoms with E-state index in [0.29, 0.717) is 12.6 Å². The summed E-state index contributed by atoms with van der Waals surface area (Å²) in [5.74, 6) is 2.14. The van der Waals surface area contributed by atoms with E-state index in [0.717, 1.165) is 47.6 Å². The fraction of sp³-hybridized carbons (Fsp3) is 0.556. The summed E-state index contributed by atoms with van der Waals surface area (Å²) in [6.45, 7) is 5.30. The third-order valence-corrected chi connectivity index (χ3v) is 5.81. The Morgan fingerprint density at radius 3 is 2.48 bits per heavy atom. The zero-order chi connectivity index (χ0) is 16.4. The first-order valence-electron chi connectivity index (χ1n) is 8.28. The number of nitrogens with zero attached hydrogens (tertiary/aromatic N) is 1. The van der Waals surface area contributed by atoms with Crippen molar-refractivity contribution in [2.45, 2.75) is 32.7 Å². The quantitative estimate of drug-likeness (QED) is 0.924. The van der Waals surface area contributed by atoms with E-state index in [1.807, 2.05) is 42.6 Å². The second kappa shape index (κ2) is 6.95. The maximum atomic E-state index is 12.8. The minimum Gasteiger partial charge on any atom is -0.351 e. The van der Waals surface area contributed by atoms with Gasteiger partial charge in [-0.15, -0.1) is 0 Å². The fourth-order valence-corrected chi connectivity index (χ4v) is 3.93. The van der Waals surface area contributed by atoms with Crippen LogP contribution in [0.2, 0.25) is 0 Å². The van der Waals surface area contributed by atoms with Crippen molar-refractivity contribution in [3.8, 4) is 0 Å². The molecule has 2 aliphatic heterocycles. The van der Waals surface area contributed by atoms with E-state index in [-0.39, 0.29) is 17.7 Å². The first-order valence-corrected chi connectivity index (χ1v) is 9.44. The third kappa shape index (κ3) is 3.89. The fourth-order valence-electron chi connectivity index (χ4n) is 3.29. The molecule has 1 aromatic rings. The molecule has 0 saturated carbocycles. The lowest BCUT2D eigenvalue weighted by molar-refractivity contribution is -0.126. The molecule has 0 bridgehead atoms. The predicted octanol–water partition coefficient (Wildman–Crippen LogP) is 2.39. The van der Waals surface area contributed by atoms with Gasteiger partial charge in [0.25, 0.3) is 5.91 Å². The number of carbonyl (C=O) groups is 2. The van der Waals surface area contributed by atoms with Crippen LogP contribution in [0.15, 0.2) is 18.2 Å². The Balaban J connectivity index is 1.65. The number of aryl methyl sites for hydroxylation is 2. The molecule has 23 heavy (non-hydrogen) atoms. The molecule has 0 unspecified atom stereocenters. The van der Waals surface area contributed by atoms with Crippen LogP contribution in [0.1, 0.15) is 34.3 Å². The number of hydrogen-bond donors (Lipinski definition) is 1. The molecule has 0 spiro atoms. The molecular weight excluding hydrogens is 308 g/mol. The first-order chi connectivity index (χ1) is 11.0. The van der Waals surface area contributed by atoms with Gasteiger partial charge in [0.1, 0.15) is 0 Å². The van der Waals surface area contributed by atoms with Crippen molar-refractivity contribution in [3.63, 3.8) is 0 Å². The SMILES string of the molecule is Cc1cc(C)cc(C(=O)N2CCC[C@@H](C(=O)NC3CSC3)C2)c1. The van der Waals surface area contributed by atoms with Gasteiger partial charge >= 0.3 is 0 Å². The minimum atomic E-state index is -0.0655. The van der Waals surface area contributed by atoms with Crippen molar-refractivity contribution >= 4 is 23.6 Å². The maximum absolute atomic E-state index is 12.8. The number of thioether (sulfide) groups is 1. The number of amides is 2. The zero-order valence-electron chi connectivity index (χ0n) is 13.8. The second-order valence-corrected chi connectivity index (χ2v) is 7.78. The lowest BCUT2D eigenvalue weighted by Crippen LogP contribution is -2.50. The molecule has 0 aliphatic carbocycles. The Morgan fingerprint density at radius 1 is 1.17 bits per heavy atom. The average molecular weight is 332 g/mol. The van der Waals surface area contributed by atoms with E-state index in [1.165, 1.54) is 0 Å². The summed E-state index contributed by atoms with van der Waals surface area (Å²) in [6.07, 6.45) is 1.77. The summed E-state index contributed by atoms with van der Waals surface area (Å²) >= 11 is 1.86. The number of rotatable bonds is 3. The van der Waals surface area contributed by atoms with Crippen LogP contribution in [0.3, 0.4) is 0 Å². The molecule has 2 aliphatic rings. The first kappa shape index (κ1) is 16.4. The van der Waals surface area contributed by atoms with Crippen molar-refractivity contribution in [3.05, 3.63) is 34.9 Å². The highest BCUT2D eigenvalue weighted by molar-refractivity contribution is 8.00. The standard InChI is InChI=1S/C18H24N2O2S/c1-12-6-13(2)8-15(7-12)18(22)20-5-3-4-14(9-20)17(21)19-16-10-23-11-16/h6-8,14,16H,3-5,9-11H2,1-2H3,(H,19,21)/t14-/m1/s1. The molecule has 2 amide bonds. The summed E-state index contributed by atoms with van der Waals surface area (Å²) in [6, 6.07) is 6.27.